The molecule has 2 N–H and O–H groups in total. The largest absolute Gasteiger partial charge is 0.494 e. The predicted molar refractivity (Wildman–Crippen MR) is 122 cm³/mol. The monoisotopic (exact) mass is 432 g/mol. The van der Waals surface area contributed by atoms with E-state index in [2.05, 4.69) is 0 Å². The number of hydrogen-bond donors (Lipinski definition) is 1. The van der Waals surface area contributed by atoms with Crippen LogP contribution in [0.5, 0.6) is 5.75 Å². The van der Waals surface area contributed by atoms with Crippen molar-refractivity contribution in [2.24, 2.45) is 11.1 Å². The minimum absolute atomic E-state index is 0.0455. The fourth-order valence-corrected chi connectivity index (χ4v) is 4.82. The number of primary amides is 1. The second-order valence-corrected chi connectivity index (χ2v) is 9.17. The number of carbonyl (C=O) groups is 3. The van der Waals surface area contributed by atoms with Gasteiger partial charge in [0.15, 0.2) is 5.78 Å². The molecular weight excluding hydrogens is 404 g/mol. The van der Waals surface area contributed by atoms with Gasteiger partial charge in [0.25, 0.3) is 5.91 Å². The van der Waals surface area contributed by atoms with Crippen molar-refractivity contribution in [2.45, 2.75) is 46.0 Å². The van der Waals surface area contributed by atoms with E-state index < -0.39 is 5.91 Å². The summed E-state index contributed by atoms with van der Waals surface area (Å²) in [6.07, 6.45) is 1.12. The fraction of sp³-hybridized carbons (Fsp3) is 0.346. The molecule has 0 spiro atoms. The maximum Gasteiger partial charge on any atom is 0.250 e. The average molecular weight is 433 g/mol. The number of ketones is 1. The van der Waals surface area contributed by atoms with E-state index in [-0.39, 0.29) is 35.0 Å². The Morgan fingerprint density at radius 2 is 1.78 bits per heavy atom. The van der Waals surface area contributed by atoms with Crippen molar-refractivity contribution in [1.82, 2.24) is 0 Å². The molecule has 1 aliphatic heterocycles. The Bertz CT molecular complexity index is 1110. The molecule has 0 aromatic heterocycles. The molecule has 1 unspecified atom stereocenters. The number of nitrogens with two attached hydrogens (primary N) is 1. The highest BCUT2D eigenvalue weighted by Crippen LogP contribution is 2.48. The molecule has 2 aromatic carbocycles. The number of hydrogen-bond acceptors (Lipinski definition) is 4. The molecule has 0 saturated carbocycles. The Labute approximate surface area is 188 Å². The van der Waals surface area contributed by atoms with Gasteiger partial charge in [0.2, 0.25) is 5.91 Å². The van der Waals surface area contributed by atoms with Crippen molar-refractivity contribution >= 4 is 23.3 Å². The van der Waals surface area contributed by atoms with Crippen LogP contribution in [0.2, 0.25) is 0 Å². The standard InChI is InChI=1S/C26H28N2O4/c1-4-32-17-11-9-16(10-12-17)19-13-23(30)28(20-8-6-5-7-18(20)25(27)31)21-14-26(2,3)15-22(29)24(19)21/h5-12,19H,4,13-15H2,1-3H3,(H2,27,31). The van der Waals surface area contributed by atoms with Crippen molar-refractivity contribution in [3.8, 4) is 5.75 Å². The Hall–Kier alpha value is -3.41. The van der Waals surface area contributed by atoms with Gasteiger partial charge in [0.05, 0.1) is 17.9 Å². The topological polar surface area (TPSA) is 89.7 Å². The highest BCUT2D eigenvalue weighted by atomic mass is 16.5. The van der Waals surface area contributed by atoms with E-state index in [1.165, 1.54) is 0 Å². The first-order valence-electron chi connectivity index (χ1n) is 10.9. The lowest BCUT2D eigenvalue weighted by Crippen LogP contribution is -2.44. The van der Waals surface area contributed by atoms with Crippen LogP contribution in [0.15, 0.2) is 59.8 Å². The lowest BCUT2D eigenvalue weighted by Gasteiger charge is -2.43. The van der Waals surface area contributed by atoms with E-state index in [1.807, 2.05) is 45.0 Å². The third-order valence-corrected chi connectivity index (χ3v) is 6.15. The van der Waals surface area contributed by atoms with Crippen LogP contribution in [0.3, 0.4) is 0 Å². The second-order valence-electron chi connectivity index (χ2n) is 9.17. The SMILES string of the molecule is CCOc1ccc(C2CC(=O)N(c3ccccc3C(N)=O)C3=C2C(=O)CC(C)(C)C3)cc1. The molecule has 2 amide bonds. The van der Waals surface area contributed by atoms with Gasteiger partial charge in [0.1, 0.15) is 5.75 Å². The number of Topliss-reactive ketones (excluding diaryl/α,β-unsaturated/α-hetero) is 1. The summed E-state index contributed by atoms with van der Waals surface area (Å²) in [6, 6.07) is 14.4. The Balaban J connectivity index is 1.87. The lowest BCUT2D eigenvalue weighted by atomic mass is 9.69. The van der Waals surface area contributed by atoms with Crippen molar-refractivity contribution in [2.75, 3.05) is 11.5 Å². The molecule has 6 nitrogen and oxygen atoms in total. The summed E-state index contributed by atoms with van der Waals surface area (Å²) in [5, 5.41) is 0. The van der Waals surface area contributed by atoms with Crippen molar-refractivity contribution < 1.29 is 19.1 Å². The Morgan fingerprint density at radius 3 is 2.44 bits per heavy atom. The summed E-state index contributed by atoms with van der Waals surface area (Å²) < 4.78 is 5.54. The normalized spacial score (nSPS) is 20.2. The van der Waals surface area contributed by atoms with Gasteiger partial charge in [-0.3, -0.25) is 19.3 Å². The zero-order chi connectivity index (χ0) is 23.0. The molecule has 0 fully saturated rings. The molecule has 166 valence electrons. The molecule has 1 aliphatic carbocycles. The van der Waals surface area contributed by atoms with Crippen LogP contribution < -0.4 is 15.4 Å². The molecule has 6 heteroatoms. The number of allylic oxidation sites excluding steroid dienone is 2. The second kappa shape index (κ2) is 8.26. The molecule has 1 heterocycles. The van der Waals surface area contributed by atoms with Crippen LogP contribution in [0.1, 0.15) is 61.9 Å². The smallest absolute Gasteiger partial charge is 0.250 e. The molecule has 4 rings (SSSR count). The molecule has 0 saturated heterocycles. The third-order valence-electron chi connectivity index (χ3n) is 6.15. The molecule has 0 radical (unpaired) electrons. The van der Waals surface area contributed by atoms with E-state index in [1.54, 1.807) is 29.2 Å². The first-order valence-corrected chi connectivity index (χ1v) is 10.9. The van der Waals surface area contributed by atoms with Crippen molar-refractivity contribution in [3.05, 3.63) is 70.9 Å². The summed E-state index contributed by atoms with van der Waals surface area (Å²) >= 11 is 0. The fourth-order valence-electron chi connectivity index (χ4n) is 4.82. The molecule has 32 heavy (non-hydrogen) atoms. The molecular formula is C26H28N2O4. The zero-order valence-electron chi connectivity index (χ0n) is 18.7. The first kappa shape index (κ1) is 21.8. The summed E-state index contributed by atoms with van der Waals surface area (Å²) in [5.41, 5.74) is 8.25. The highest BCUT2D eigenvalue weighted by molar-refractivity contribution is 6.10. The molecule has 1 atom stereocenters. The van der Waals surface area contributed by atoms with Crippen LogP contribution in [-0.2, 0) is 9.59 Å². The van der Waals surface area contributed by atoms with Gasteiger partial charge in [0, 0.05) is 30.0 Å². The van der Waals surface area contributed by atoms with Gasteiger partial charge in [-0.25, -0.2) is 0 Å². The molecule has 0 bridgehead atoms. The first-order chi connectivity index (χ1) is 15.2. The summed E-state index contributed by atoms with van der Waals surface area (Å²) in [6.45, 7) is 6.54. The van der Waals surface area contributed by atoms with Gasteiger partial charge < -0.3 is 10.5 Å². The Kier molecular flexibility index (Phi) is 5.63. The average Bonchev–Trinajstić information content (AvgIpc) is 2.73. The summed E-state index contributed by atoms with van der Waals surface area (Å²) in [4.78, 5) is 40.5. The number of ether oxygens (including phenoxy) is 1. The number of rotatable bonds is 5. The van der Waals surface area contributed by atoms with Crippen LogP contribution in [0, 0.1) is 5.41 Å². The van der Waals surface area contributed by atoms with Gasteiger partial charge >= 0.3 is 0 Å². The van der Waals surface area contributed by atoms with Gasteiger partial charge in [-0.2, -0.15) is 0 Å². The lowest BCUT2D eigenvalue weighted by molar-refractivity contribution is -0.121. The molecule has 2 aliphatic rings. The van der Waals surface area contributed by atoms with E-state index in [0.29, 0.717) is 36.4 Å². The van der Waals surface area contributed by atoms with Crippen LogP contribution in [-0.4, -0.2) is 24.2 Å². The van der Waals surface area contributed by atoms with E-state index in [9.17, 15) is 14.4 Å². The van der Waals surface area contributed by atoms with Crippen LogP contribution >= 0.6 is 0 Å². The van der Waals surface area contributed by atoms with E-state index in [4.69, 9.17) is 10.5 Å². The summed E-state index contributed by atoms with van der Waals surface area (Å²) in [7, 11) is 0. The van der Waals surface area contributed by atoms with Crippen molar-refractivity contribution in [1.29, 1.82) is 0 Å². The van der Waals surface area contributed by atoms with Crippen LogP contribution in [0.25, 0.3) is 0 Å². The predicted octanol–water partition coefficient (Wildman–Crippen LogP) is 4.35. The van der Waals surface area contributed by atoms with Gasteiger partial charge in [-0.05, 0) is 48.6 Å². The summed E-state index contributed by atoms with van der Waals surface area (Å²) in [5.74, 6) is -0.286. The van der Waals surface area contributed by atoms with Crippen molar-refractivity contribution in [3.63, 3.8) is 0 Å². The van der Waals surface area contributed by atoms with E-state index >= 15 is 0 Å². The number of benzene rings is 2. The van der Waals surface area contributed by atoms with Gasteiger partial charge in [-0.1, -0.05) is 38.1 Å². The maximum absolute atomic E-state index is 13.5. The quantitative estimate of drug-likeness (QED) is 0.761. The number of anilines is 1. The highest BCUT2D eigenvalue weighted by Gasteiger charge is 2.44. The minimum Gasteiger partial charge on any atom is -0.494 e. The molecule has 2 aromatic rings. The maximum atomic E-state index is 13.5. The number of nitrogens with zero attached hydrogens (tertiary/aromatic N) is 1. The van der Waals surface area contributed by atoms with Crippen LogP contribution in [0.4, 0.5) is 5.69 Å². The third kappa shape index (κ3) is 3.93. The Morgan fingerprint density at radius 1 is 1.09 bits per heavy atom. The zero-order valence-corrected chi connectivity index (χ0v) is 18.7. The number of carbonyl (C=O) groups excluding carboxylic acids is 3. The van der Waals surface area contributed by atoms with E-state index in [0.717, 1.165) is 11.3 Å². The number of para-hydroxylation sites is 1. The van der Waals surface area contributed by atoms with Gasteiger partial charge in [-0.15, -0.1) is 0 Å². The minimum atomic E-state index is -0.606. The number of amides is 2.